The van der Waals surface area contributed by atoms with Crippen molar-refractivity contribution in [2.24, 2.45) is 7.05 Å². The molecule has 2 aromatic carbocycles. The number of fused-ring (bicyclic) bond motifs is 1. The lowest BCUT2D eigenvalue weighted by molar-refractivity contribution is -0.117. The van der Waals surface area contributed by atoms with E-state index < -0.39 is 0 Å². The molecule has 0 spiro atoms. The van der Waals surface area contributed by atoms with Gasteiger partial charge >= 0.3 is 0 Å². The summed E-state index contributed by atoms with van der Waals surface area (Å²) in [5, 5.41) is 2.98. The molecule has 2 heterocycles. The van der Waals surface area contributed by atoms with Crippen molar-refractivity contribution in [1.29, 1.82) is 0 Å². The molecular formula is C22H27N5O. The Morgan fingerprint density at radius 2 is 1.68 bits per heavy atom. The fourth-order valence-electron chi connectivity index (χ4n) is 3.68. The number of carbonyl (C=O) groups is 1. The molecule has 1 fully saturated rings. The lowest BCUT2D eigenvalue weighted by atomic mass is 10.2. The number of para-hydroxylation sites is 2. The number of piperazine rings is 1. The van der Waals surface area contributed by atoms with Crippen molar-refractivity contribution in [1.82, 2.24) is 19.4 Å². The third-order valence-electron chi connectivity index (χ3n) is 5.41. The predicted octanol–water partition coefficient (Wildman–Crippen LogP) is 2.64. The van der Waals surface area contributed by atoms with Crippen LogP contribution in [-0.4, -0.2) is 58.0 Å². The Balaban J connectivity index is 1.27. The van der Waals surface area contributed by atoms with Crippen molar-refractivity contribution >= 4 is 22.6 Å². The molecule has 1 amide bonds. The number of carbonyl (C=O) groups excluding carboxylic acids is 1. The van der Waals surface area contributed by atoms with Crippen molar-refractivity contribution < 1.29 is 4.79 Å². The Labute approximate surface area is 165 Å². The first kappa shape index (κ1) is 18.7. The first-order valence-corrected chi connectivity index (χ1v) is 9.80. The molecule has 0 atom stereocenters. The van der Waals surface area contributed by atoms with Crippen LogP contribution in [0.5, 0.6) is 0 Å². The monoisotopic (exact) mass is 377 g/mol. The maximum Gasteiger partial charge on any atom is 0.238 e. The largest absolute Gasteiger partial charge is 0.330 e. The van der Waals surface area contributed by atoms with Crippen LogP contribution in [0.15, 0.2) is 48.5 Å². The van der Waals surface area contributed by atoms with Crippen molar-refractivity contribution in [3.63, 3.8) is 0 Å². The fourth-order valence-corrected chi connectivity index (χ4v) is 3.68. The van der Waals surface area contributed by atoms with Gasteiger partial charge < -0.3 is 9.88 Å². The molecule has 1 aliphatic rings. The summed E-state index contributed by atoms with van der Waals surface area (Å²) in [5.41, 5.74) is 4.26. The number of benzene rings is 2. The zero-order chi connectivity index (χ0) is 19.5. The van der Waals surface area contributed by atoms with Crippen LogP contribution in [0.1, 0.15) is 11.4 Å². The highest BCUT2D eigenvalue weighted by Gasteiger charge is 2.20. The molecule has 146 valence electrons. The summed E-state index contributed by atoms with van der Waals surface area (Å²) in [6.07, 6.45) is 0. The summed E-state index contributed by atoms with van der Waals surface area (Å²) in [7, 11) is 2.08. The van der Waals surface area contributed by atoms with Gasteiger partial charge in [0.05, 0.1) is 24.1 Å². The summed E-state index contributed by atoms with van der Waals surface area (Å²) >= 11 is 0. The normalized spacial score (nSPS) is 15.8. The van der Waals surface area contributed by atoms with Gasteiger partial charge in [-0.3, -0.25) is 14.6 Å². The minimum absolute atomic E-state index is 0.0488. The van der Waals surface area contributed by atoms with Gasteiger partial charge in [0, 0.05) is 38.9 Å². The zero-order valence-electron chi connectivity index (χ0n) is 16.6. The number of aromatic nitrogens is 2. The van der Waals surface area contributed by atoms with E-state index in [9.17, 15) is 4.79 Å². The molecule has 6 nitrogen and oxygen atoms in total. The Bertz CT molecular complexity index is 955. The molecule has 0 bridgehead atoms. The van der Waals surface area contributed by atoms with Gasteiger partial charge in [0.2, 0.25) is 5.91 Å². The van der Waals surface area contributed by atoms with E-state index in [1.807, 2.05) is 43.3 Å². The molecule has 1 saturated heterocycles. The molecule has 0 saturated carbocycles. The SMILES string of the molecule is Cc1ccc(NC(=O)CN2CCN(Cc3nc4ccccc4n3C)CC2)cc1. The molecule has 1 aliphatic heterocycles. The van der Waals surface area contributed by atoms with Gasteiger partial charge in [0.1, 0.15) is 5.82 Å². The van der Waals surface area contributed by atoms with Crippen LogP contribution in [0.25, 0.3) is 11.0 Å². The van der Waals surface area contributed by atoms with Gasteiger partial charge in [-0.1, -0.05) is 29.8 Å². The minimum atomic E-state index is 0.0488. The molecule has 1 N–H and O–H groups in total. The smallest absolute Gasteiger partial charge is 0.238 e. The molecule has 1 aromatic heterocycles. The minimum Gasteiger partial charge on any atom is -0.330 e. The Kier molecular flexibility index (Phi) is 5.41. The highest BCUT2D eigenvalue weighted by atomic mass is 16.2. The predicted molar refractivity (Wildman–Crippen MR) is 112 cm³/mol. The van der Waals surface area contributed by atoms with Gasteiger partial charge in [0.25, 0.3) is 0 Å². The zero-order valence-corrected chi connectivity index (χ0v) is 16.6. The van der Waals surface area contributed by atoms with Crippen LogP contribution in [0, 0.1) is 6.92 Å². The summed E-state index contributed by atoms with van der Waals surface area (Å²) in [6.45, 7) is 7.00. The number of nitrogens with one attached hydrogen (secondary N) is 1. The highest BCUT2D eigenvalue weighted by Crippen LogP contribution is 2.16. The summed E-state index contributed by atoms with van der Waals surface area (Å²) in [5.74, 6) is 1.14. The van der Waals surface area contributed by atoms with Crippen LogP contribution in [0.2, 0.25) is 0 Å². The summed E-state index contributed by atoms with van der Waals surface area (Å²) in [4.78, 5) is 21.7. The number of anilines is 1. The van der Waals surface area contributed by atoms with E-state index in [2.05, 4.69) is 38.9 Å². The second kappa shape index (κ2) is 8.12. The molecule has 3 aromatic rings. The molecule has 0 aliphatic carbocycles. The van der Waals surface area contributed by atoms with Crippen LogP contribution in [-0.2, 0) is 18.4 Å². The third-order valence-corrected chi connectivity index (χ3v) is 5.41. The van der Waals surface area contributed by atoms with Gasteiger partial charge in [-0.15, -0.1) is 0 Å². The summed E-state index contributed by atoms with van der Waals surface area (Å²) in [6, 6.07) is 16.2. The Morgan fingerprint density at radius 1 is 1.00 bits per heavy atom. The number of hydrogen-bond donors (Lipinski definition) is 1. The topological polar surface area (TPSA) is 53.4 Å². The average Bonchev–Trinajstić information content (AvgIpc) is 3.01. The molecule has 6 heteroatoms. The fraction of sp³-hybridized carbons (Fsp3) is 0.364. The molecule has 0 radical (unpaired) electrons. The third kappa shape index (κ3) is 4.24. The lowest BCUT2D eigenvalue weighted by Crippen LogP contribution is -2.48. The van der Waals surface area contributed by atoms with Gasteiger partial charge in [0.15, 0.2) is 0 Å². The van der Waals surface area contributed by atoms with Crippen molar-refractivity contribution in [2.75, 3.05) is 38.0 Å². The van der Waals surface area contributed by atoms with Gasteiger partial charge in [-0.05, 0) is 31.2 Å². The number of hydrogen-bond acceptors (Lipinski definition) is 4. The van der Waals surface area contributed by atoms with Gasteiger partial charge in [-0.2, -0.15) is 0 Å². The molecule has 0 unspecified atom stereocenters. The Hall–Kier alpha value is -2.70. The standard InChI is InChI=1S/C22H27N5O/c1-17-7-9-18(10-8-17)23-22(28)16-27-13-11-26(12-14-27)15-21-24-19-5-3-4-6-20(19)25(21)2/h3-10H,11-16H2,1-2H3,(H,23,28). The molecule has 4 rings (SSSR count). The number of imidazole rings is 1. The maximum absolute atomic E-state index is 12.3. The van der Waals surface area contributed by atoms with Crippen LogP contribution in [0.4, 0.5) is 5.69 Å². The quantitative estimate of drug-likeness (QED) is 0.743. The van der Waals surface area contributed by atoms with Crippen LogP contribution < -0.4 is 5.32 Å². The van der Waals surface area contributed by atoms with E-state index in [0.717, 1.165) is 49.8 Å². The molecule has 28 heavy (non-hydrogen) atoms. The van der Waals surface area contributed by atoms with Crippen molar-refractivity contribution in [3.05, 3.63) is 59.9 Å². The van der Waals surface area contributed by atoms with E-state index in [0.29, 0.717) is 6.54 Å². The van der Waals surface area contributed by atoms with Crippen molar-refractivity contribution in [3.8, 4) is 0 Å². The lowest BCUT2D eigenvalue weighted by Gasteiger charge is -2.34. The van der Waals surface area contributed by atoms with Crippen molar-refractivity contribution in [2.45, 2.75) is 13.5 Å². The number of rotatable bonds is 5. The van der Waals surface area contributed by atoms with E-state index in [-0.39, 0.29) is 5.91 Å². The van der Waals surface area contributed by atoms with Crippen LogP contribution >= 0.6 is 0 Å². The maximum atomic E-state index is 12.3. The first-order valence-electron chi connectivity index (χ1n) is 9.80. The second-order valence-corrected chi connectivity index (χ2v) is 7.54. The van der Waals surface area contributed by atoms with E-state index >= 15 is 0 Å². The van der Waals surface area contributed by atoms with Crippen LogP contribution in [0.3, 0.4) is 0 Å². The van der Waals surface area contributed by atoms with E-state index in [1.165, 1.54) is 11.1 Å². The van der Waals surface area contributed by atoms with E-state index in [4.69, 9.17) is 4.98 Å². The number of nitrogens with zero attached hydrogens (tertiary/aromatic N) is 4. The summed E-state index contributed by atoms with van der Waals surface area (Å²) < 4.78 is 2.18. The number of aryl methyl sites for hydroxylation is 2. The Morgan fingerprint density at radius 3 is 2.39 bits per heavy atom. The van der Waals surface area contributed by atoms with Gasteiger partial charge in [-0.25, -0.2) is 4.98 Å². The molecular weight excluding hydrogens is 350 g/mol. The number of amides is 1. The first-order chi connectivity index (χ1) is 13.6. The second-order valence-electron chi connectivity index (χ2n) is 7.54. The van der Waals surface area contributed by atoms with E-state index in [1.54, 1.807) is 0 Å². The highest BCUT2D eigenvalue weighted by molar-refractivity contribution is 5.92. The average molecular weight is 377 g/mol.